The van der Waals surface area contributed by atoms with Crippen molar-refractivity contribution < 1.29 is 29.2 Å². The Kier molecular flexibility index (Phi) is 6.90. The van der Waals surface area contributed by atoms with Gasteiger partial charge in [-0.1, -0.05) is 12.8 Å². The Labute approximate surface area is 210 Å². The topological polar surface area (TPSA) is 103 Å². The average Bonchev–Trinajstić information content (AvgIpc) is 3.44. The van der Waals surface area contributed by atoms with E-state index >= 15 is 0 Å². The van der Waals surface area contributed by atoms with Crippen LogP contribution in [0.15, 0.2) is 30.5 Å². The average molecular weight is 495 g/mol. The predicted molar refractivity (Wildman–Crippen MR) is 135 cm³/mol. The first-order valence-electron chi connectivity index (χ1n) is 12.7. The fraction of sp³-hybridized carbons (Fsp3) is 0.500. The van der Waals surface area contributed by atoms with Crippen LogP contribution in [-0.4, -0.2) is 52.4 Å². The fourth-order valence-electron chi connectivity index (χ4n) is 5.28. The zero-order valence-corrected chi connectivity index (χ0v) is 21.1. The van der Waals surface area contributed by atoms with Crippen LogP contribution >= 0.6 is 0 Å². The number of benzene rings is 2. The molecule has 0 radical (unpaired) electrons. The number of hydrogen-bond acceptors (Lipinski definition) is 6. The number of methoxy groups -OCH3 is 2. The number of carboxylic acid groups (broad SMARTS) is 1. The number of carboxylic acids is 1. The van der Waals surface area contributed by atoms with E-state index in [0.717, 1.165) is 55.0 Å². The van der Waals surface area contributed by atoms with E-state index in [9.17, 15) is 15.0 Å². The van der Waals surface area contributed by atoms with E-state index in [1.54, 1.807) is 25.0 Å². The minimum Gasteiger partial charge on any atom is -0.496 e. The van der Waals surface area contributed by atoms with Crippen LogP contribution in [0.1, 0.15) is 77.6 Å². The summed E-state index contributed by atoms with van der Waals surface area (Å²) < 4.78 is 19.2. The fourth-order valence-corrected chi connectivity index (χ4v) is 5.28. The molecule has 8 nitrogen and oxygen atoms in total. The number of aliphatic hydroxyl groups is 1. The van der Waals surface area contributed by atoms with E-state index in [1.165, 1.54) is 0 Å². The number of aromatic carboxylic acids is 1. The van der Waals surface area contributed by atoms with E-state index in [4.69, 9.17) is 14.2 Å². The first-order chi connectivity index (χ1) is 17.4. The van der Waals surface area contributed by atoms with Gasteiger partial charge >= 0.3 is 5.97 Å². The van der Waals surface area contributed by atoms with Crippen LogP contribution in [0.25, 0.3) is 10.9 Å². The number of ether oxygens (including phenoxy) is 3. The second kappa shape index (κ2) is 10.1. The van der Waals surface area contributed by atoms with Crippen molar-refractivity contribution in [3.05, 3.63) is 52.7 Å². The molecular weight excluding hydrogens is 460 g/mol. The van der Waals surface area contributed by atoms with Gasteiger partial charge in [-0.2, -0.15) is 5.10 Å². The van der Waals surface area contributed by atoms with Gasteiger partial charge in [0.1, 0.15) is 29.2 Å². The molecule has 0 saturated heterocycles. The summed E-state index contributed by atoms with van der Waals surface area (Å²) in [7, 11) is 3.19. The van der Waals surface area contributed by atoms with Gasteiger partial charge in [0.15, 0.2) is 0 Å². The SMILES string of the molecule is COc1cc(C(O)C(Cn2cc3cc(C4CC4)cc(C(=O)O)c3n2)OC2CCCC2)cc(OC)c1C. The lowest BCUT2D eigenvalue weighted by Crippen LogP contribution is -2.31. The highest BCUT2D eigenvalue weighted by molar-refractivity contribution is 6.02. The Balaban J connectivity index is 1.49. The first kappa shape index (κ1) is 24.6. The lowest BCUT2D eigenvalue weighted by molar-refractivity contribution is -0.0845. The summed E-state index contributed by atoms with van der Waals surface area (Å²) in [6, 6.07) is 7.43. The van der Waals surface area contributed by atoms with Crippen LogP contribution in [0.2, 0.25) is 0 Å². The molecule has 2 fully saturated rings. The van der Waals surface area contributed by atoms with Gasteiger partial charge in [0, 0.05) is 17.1 Å². The lowest BCUT2D eigenvalue weighted by Gasteiger charge is -2.27. The number of aliphatic hydroxyl groups excluding tert-OH is 1. The molecule has 0 bridgehead atoms. The third-order valence-corrected chi connectivity index (χ3v) is 7.46. The minimum atomic E-state index is -0.981. The Morgan fingerprint density at radius 3 is 2.33 bits per heavy atom. The molecule has 5 rings (SSSR count). The van der Waals surface area contributed by atoms with Crippen molar-refractivity contribution in [3.8, 4) is 11.5 Å². The van der Waals surface area contributed by atoms with Crippen molar-refractivity contribution >= 4 is 16.9 Å². The summed E-state index contributed by atoms with van der Waals surface area (Å²) in [4.78, 5) is 12.0. The van der Waals surface area contributed by atoms with Crippen molar-refractivity contribution in [1.82, 2.24) is 9.78 Å². The summed E-state index contributed by atoms with van der Waals surface area (Å²) in [5.74, 6) is 0.714. The molecule has 0 aliphatic heterocycles. The number of carbonyl (C=O) groups is 1. The van der Waals surface area contributed by atoms with Crippen molar-refractivity contribution in [1.29, 1.82) is 0 Å². The monoisotopic (exact) mass is 494 g/mol. The van der Waals surface area contributed by atoms with Crippen molar-refractivity contribution in [2.75, 3.05) is 14.2 Å². The Morgan fingerprint density at radius 2 is 1.75 bits per heavy atom. The Hall–Kier alpha value is -3.10. The van der Waals surface area contributed by atoms with Gasteiger partial charge < -0.3 is 24.4 Å². The molecule has 0 spiro atoms. The lowest BCUT2D eigenvalue weighted by atomic mass is 10.0. The first-order valence-corrected chi connectivity index (χ1v) is 12.7. The van der Waals surface area contributed by atoms with Crippen LogP contribution in [-0.2, 0) is 11.3 Å². The summed E-state index contributed by atoms with van der Waals surface area (Å²) in [5.41, 5.74) is 3.22. The van der Waals surface area contributed by atoms with E-state index < -0.39 is 18.2 Å². The molecule has 2 unspecified atom stereocenters. The van der Waals surface area contributed by atoms with E-state index in [2.05, 4.69) is 5.10 Å². The maximum absolute atomic E-state index is 12.0. The third-order valence-electron chi connectivity index (χ3n) is 7.46. The van der Waals surface area contributed by atoms with Crippen molar-refractivity contribution in [2.45, 2.75) is 76.2 Å². The summed E-state index contributed by atoms with van der Waals surface area (Å²) >= 11 is 0. The van der Waals surface area contributed by atoms with Crippen LogP contribution in [0.4, 0.5) is 0 Å². The normalized spacial score (nSPS) is 17.9. The molecule has 0 amide bonds. The van der Waals surface area contributed by atoms with Gasteiger partial charge in [0.2, 0.25) is 0 Å². The number of nitrogens with zero attached hydrogens (tertiary/aromatic N) is 2. The van der Waals surface area contributed by atoms with Crippen molar-refractivity contribution in [2.24, 2.45) is 0 Å². The van der Waals surface area contributed by atoms with E-state index in [1.807, 2.05) is 31.3 Å². The van der Waals surface area contributed by atoms with Gasteiger partial charge in [-0.15, -0.1) is 0 Å². The smallest absolute Gasteiger partial charge is 0.337 e. The largest absolute Gasteiger partial charge is 0.496 e. The molecule has 1 aromatic heterocycles. The zero-order valence-electron chi connectivity index (χ0n) is 21.1. The molecule has 2 aliphatic carbocycles. The van der Waals surface area contributed by atoms with Gasteiger partial charge in [0.05, 0.1) is 32.4 Å². The van der Waals surface area contributed by atoms with Crippen LogP contribution in [0, 0.1) is 6.92 Å². The molecule has 3 aromatic rings. The second-order valence-corrected chi connectivity index (χ2v) is 10.0. The standard InChI is InChI=1S/C28H34N2O6/c1-16-23(34-2)12-19(13-24(16)35-3)27(31)25(36-21-6-4-5-7-21)15-30-14-20-10-18(17-8-9-17)11-22(28(32)33)26(20)29-30/h10-14,17,21,25,27,31H,4-9,15H2,1-3H3,(H,32,33). The quantitative estimate of drug-likeness (QED) is 0.409. The molecule has 8 heteroatoms. The number of fused-ring (bicyclic) bond motifs is 1. The highest BCUT2D eigenvalue weighted by Crippen LogP contribution is 2.42. The predicted octanol–water partition coefficient (Wildman–Crippen LogP) is 5.00. The molecule has 36 heavy (non-hydrogen) atoms. The second-order valence-electron chi connectivity index (χ2n) is 10.0. The Bertz CT molecular complexity index is 1230. The molecule has 2 atom stereocenters. The molecule has 2 aromatic carbocycles. The Morgan fingerprint density at radius 1 is 1.08 bits per heavy atom. The highest BCUT2D eigenvalue weighted by Gasteiger charge is 2.30. The van der Waals surface area contributed by atoms with E-state index in [-0.39, 0.29) is 18.2 Å². The molecular formula is C28H34N2O6. The summed E-state index contributed by atoms with van der Waals surface area (Å²) in [6.45, 7) is 2.19. The number of hydrogen-bond donors (Lipinski definition) is 2. The van der Waals surface area contributed by atoms with Gasteiger partial charge in [-0.05, 0) is 73.9 Å². The number of rotatable bonds is 10. The summed E-state index contributed by atoms with van der Waals surface area (Å²) in [5, 5.41) is 26.7. The molecule has 2 aliphatic rings. The molecule has 2 saturated carbocycles. The molecule has 2 N–H and O–H groups in total. The van der Waals surface area contributed by atoms with E-state index in [0.29, 0.717) is 28.5 Å². The molecule has 1 heterocycles. The highest BCUT2D eigenvalue weighted by atomic mass is 16.5. The van der Waals surface area contributed by atoms with Crippen LogP contribution < -0.4 is 9.47 Å². The van der Waals surface area contributed by atoms with Gasteiger partial charge in [-0.25, -0.2) is 4.79 Å². The van der Waals surface area contributed by atoms with Crippen LogP contribution in [0.3, 0.4) is 0 Å². The summed E-state index contributed by atoms with van der Waals surface area (Å²) in [6.07, 6.45) is 6.70. The maximum Gasteiger partial charge on any atom is 0.337 e. The zero-order chi connectivity index (χ0) is 25.4. The van der Waals surface area contributed by atoms with Crippen molar-refractivity contribution in [3.63, 3.8) is 0 Å². The minimum absolute atomic E-state index is 0.0694. The molecule has 192 valence electrons. The van der Waals surface area contributed by atoms with Crippen LogP contribution in [0.5, 0.6) is 11.5 Å². The maximum atomic E-state index is 12.0. The van der Waals surface area contributed by atoms with Gasteiger partial charge in [-0.3, -0.25) is 4.68 Å². The number of aromatic nitrogens is 2. The van der Waals surface area contributed by atoms with Gasteiger partial charge in [0.25, 0.3) is 0 Å². The third kappa shape index (κ3) is 4.92.